The van der Waals surface area contributed by atoms with Crippen molar-refractivity contribution >= 4 is 38.0 Å². The van der Waals surface area contributed by atoms with Crippen molar-refractivity contribution in [3.05, 3.63) is 47.4 Å². The van der Waals surface area contributed by atoms with E-state index in [1.54, 1.807) is 11.3 Å². The minimum absolute atomic E-state index is 0.805. The maximum absolute atomic E-state index is 4.72. The molecule has 3 aromatic rings. The molecule has 3 aromatic heterocycles. The number of nitrogens with zero attached hydrogens (tertiary/aromatic N) is 4. The van der Waals surface area contributed by atoms with E-state index in [9.17, 15) is 0 Å². The number of likely N-dealkylation sites (N-methyl/N-ethyl adjacent to an activating group) is 1. The highest BCUT2D eigenvalue weighted by molar-refractivity contribution is 9.08. The van der Waals surface area contributed by atoms with Crippen LogP contribution in [-0.4, -0.2) is 28.0 Å². The number of thiazole rings is 1. The van der Waals surface area contributed by atoms with Gasteiger partial charge in [-0.25, -0.2) is 4.98 Å². The van der Waals surface area contributed by atoms with Crippen molar-refractivity contribution in [2.24, 2.45) is 0 Å². The maximum atomic E-state index is 4.72. The summed E-state index contributed by atoms with van der Waals surface area (Å²) in [5, 5.41) is 2.87. The third kappa shape index (κ3) is 2.58. The van der Waals surface area contributed by atoms with Crippen LogP contribution in [0.3, 0.4) is 0 Å². The Morgan fingerprint density at radius 1 is 1.35 bits per heavy atom. The highest BCUT2D eigenvalue weighted by atomic mass is 79.9. The van der Waals surface area contributed by atoms with Gasteiger partial charge in [0.05, 0.1) is 5.69 Å². The van der Waals surface area contributed by atoms with Gasteiger partial charge in [0.2, 0.25) is 0 Å². The Bertz CT molecular complexity index is 692. The molecule has 0 atom stereocenters. The summed E-state index contributed by atoms with van der Waals surface area (Å²) < 4.78 is 2.15. The molecule has 0 N–H and O–H groups in total. The van der Waals surface area contributed by atoms with Gasteiger partial charge in [-0.1, -0.05) is 15.9 Å². The zero-order valence-corrected chi connectivity index (χ0v) is 13.6. The first-order valence-corrected chi connectivity index (χ1v) is 8.40. The highest BCUT2D eigenvalue weighted by Gasteiger charge is 2.15. The van der Waals surface area contributed by atoms with Crippen LogP contribution in [0.4, 0.5) is 5.82 Å². The second-order valence-corrected chi connectivity index (χ2v) is 6.03. The van der Waals surface area contributed by atoms with Gasteiger partial charge in [-0.2, -0.15) is 0 Å². The summed E-state index contributed by atoms with van der Waals surface area (Å²) in [6, 6.07) is 4.12. The number of fused-ring (bicyclic) bond motifs is 1. The van der Waals surface area contributed by atoms with Gasteiger partial charge in [0.1, 0.15) is 0 Å². The Morgan fingerprint density at radius 3 is 2.90 bits per heavy atom. The summed E-state index contributed by atoms with van der Waals surface area (Å²) in [7, 11) is 2.10. The van der Waals surface area contributed by atoms with Crippen LogP contribution in [0.1, 0.15) is 11.3 Å². The molecular formula is C14H15BrN4S. The van der Waals surface area contributed by atoms with Gasteiger partial charge < -0.3 is 4.90 Å². The fraction of sp³-hybridized carbons (Fsp3) is 0.286. The Labute approximate surface area is 130 Å². The highest BCUT2D eigenvalue weighted by Crippen LogP contribution is 2.25. The van der Waals surface area contributed by atoms with Gasteiger partial charge in [0.25, 0.3) is 0 Å². The number of alkyl halides is 1. The average molecular weight is 351 g/mol. The molecule has 0 saturated carbocycles. The molecule has 0 bridgehead atoms. The molecule has 3 rings (SSSR count). The molecule has 0 spiro atoms. The molecule has 4 nitrogen and oxygen atoms in total. The molecule has 20 heavy (non-hydrogen) atoms. The summed E-state index contributed by atoms with van der Waals surface area (Å²) in [5.41, 5.74) is 2.51. The first-order valence-electron chi connectivity index (χ1n) is 6.40. The molecule has 0 radical (unpaired) electrons. The van der Waals surface area contributed by atoms with Crippen molar-refractivity contribution in [3.8, 4) is 0 Å². The molecule has 0 aliphatic rings. The molecule has 0 amide bonds. The lowest BCUT2D eigenvalue weighted by Gasteiger charge is -2.17. The Kier molecular flexibility index (Phi) is 4.03. The average Bonchev–Trinajstić information content (AvgIpc) is 3.06. The van der Waals surface area contributed by atoms with Crippen LogP contribution in [0.25, 0.3) is 4.96 Å². The number of anilines is 1. The van der Waals surface area contributed by atoms with Gasteiger partial charge in [-0.05, 0) is 24.1 Å². The molecular weight excluding hydrogens is 336 g/mol. The smallest absolute Gasteiger partial charge is 0.195 e. The molecule has 3 heterocycles. The lowest BCUT2D eigenvalue weighted by Crippen LogP contribution is -2.21. The van der Waals surface area contributed by atoms with Gasteiger partial charge in [0.15, 0.2) is 10.8 Å². The van der Waals surface area contributed by atoms with Crippen molar-refractivity contribution < 1.29 is 0 Å². The fourth-order valence-electron chi connectivity index (χ4n) is 2.20. The zero-order valence-electron chi connectivity index (χ0n) is 11.2. The number of imidazole rings is 1. The van der Waals surface area contributed by atoms with Crippen LogP contribution in [0.2, 0.25) is 0 Å². The predicted molar refractivity (Wildman–Crippen MR) is 86.9 cm³/mol. The quantitative estimate of drug-likeness (QED) is 0.661. The van der Waals surface area contributed by atoms with Crippen LogP contribution >= 0.6 is 27.3 Å². The fourth-order valence-corrected chi connectivity index (χ4v) is 3.45. The lowest BCUT2D eigenvalue weighted by molar-refractivity contribution is 0.857. The predicted octanol–water partition coefficient (Wildman–Crippen LogP) is 3.36. The number of halogens is 1. The lowest BCUT2D eigenvalue weighted by atomic mass is 10.2. The minimum Gasteiger partial charge on any atom is -0.358 e. The first kappa shape index (κ1) is 13.6. The largest absolute Gasteiger partial charge is 0.358 e. The van der Waals surface area contributed by atoms with Crippen molar-refractivity contribution in [1.82, 2.24) is 14.4 Å². The van der Waals surface area contributed by atoms with E-state index in [0.717, 1.165) is 29.1 Å². The molecule has 0 aliphatic carbocycles. The minimum atomic E-state index is 0.805. The van der Waals surface area contributed by atoms with Gasteiger partial charge in [-0.3, -0.25) is 9.38 Å². The number of rotatable bonds is 5. The van der Waals surface area contributed by atoms with Gasteiger partial charge in [0, 0.05) is 42.9 Å². The SMILES string of the molecule is CN(CCc1ccncc1)c1nc2sccn2c1CBr. The van der Waals surface area contributed by atoms with E-state index >= 15 is 0 Å². The van der Waals surface area contributed by atoms with Crippen molar-refractivity contribution in [2.75, 3.05) is 18.5 Å². The summed E-state index contributed by atoms with van der Waals surface area (Å²) in [6.45, 7) is 0.939. The second-order valence-electron chi connectivity index (χ2n) is 4.60. The van der Waals surface area contributed by atoms with Crippen LogP contribution in [0, 0.1) is 0 Å². The zero-order chi connectivity index (χ0) is 13.9. The third-order valence-electron chi connectivity index (χ3n) is 3.31. The van der Waals surface area contributed by atoms with Crippen molar-refractivity contribution in [2.45, 2.75) is 11.8 Å². The van der Waals surface area contributed by atoms with E-state index in [4.69, 9.17) is 4.98 Å². The van der Waals surface area contributed by atoms with Crippen molar-refractivity contribution in [3.63, 3.8) is 0 Å². The normalized spacial score (nSPS) is 11.1. The Balaban J connectivity index is 1.78. The Morgan fingerprint density at radius 2 is 2.15 bits per heavy atom. The maximum Gasteiger partial charge on any atom is 0.195 e. The molecule has 0 fully saturated rings. The number of aromatic nitrogens is 3. The monoisotopic (exact) mass is 350 g/mol. The van der Waals surface area contributed by atoms with E-state index in [1.807, 2.05) is 12.4 Å². The van der Waals surface area contributed by atoms with Crippen LogP contribution in [-0.2, 0) is 11.8 Å². The molecule has 6 heteroatoms. The third-order valence-corrected chi connectivity index (χ3v) is 4.60. The van der Waals surface area contributed by atoms with Crippen LogP contribution in [0.15, 0.2) is 36.1 Å². The standard InChI is InChI=1S/C14H15BrN4S/c1-18(7-4-11-2-5-16-6-3-11)13-12(10-15)19-8-9-20-14(19)17-13/h2-3,5-6,8-9H,4,7,10H2,1H3. The summed E-state index contributed by atoms with van der Waals surface area (Å²) in [6.07, 6.45) is 6.74. The van der Waals surface area contributed by atoms with E-state index < -0.39 is 0 Å². The number of hydrogen-bond acceptors (Lipinski definition) is 4. The second kappa shape index (κ2) is 5.93. The van der Waals surface area contributed by atoms with E-state index in [-0.39, 0.29) is 0 Å². The Hall–Kier alpha value is -1.40. The van der Waals surface area contributed by atoms with E-state index in [0.29, 0.717) is 0 Å². The van der Waals surface area contributed by atoms with E-state index in [1.165, 1.54) is 11.3 Å². The number of hydrogen-bond donors (Lipinski definition) is 0. The summed E-state index contributed by atoms with van der Waals surface area (Å²) >= 11 is 5.23. The molecule has 0 unspecified atom stereocenters. The van der Waals surface area contributed by atoms with E-state index in [2.05, 4.69) is 61.0 Å². The number of pyridine rings is 1. The van der Waals surface area contributed by atoms with Crippen LogP contribution < -0.4 is 4.90 Å². The topological polar surface area (TPSA) is 33.4 Å². The summed E-state index contributed by atoms with van der Waals surface area (Å²) in [4.78, 5) is 12.0. The molecule has 0 aromatic carbocycles. The molecule has 0 saturated heterocycles. The van der Waals surface area contributed by atoms with Crippen LogP contribution in [0.5, 0.6) is 0 Å². The summed E-state index contributed by atoms with van der Waals surface area (Å²) in [5.74, 6) is 1.06. The van der Waals surface area contributed by atoms with Gasteiger partial charge >= 0.3 is 0 Å². The first-order chi connectivity index (χ1) is 9.79. The van der Waals surface area contributed by atoms with Gasteiger partial charge in [-0.15, -0.1) is 11.3 Å². The molecule has 104 valence electrons. The molecule has 0 aliphatic heterocycles. The van der Waals surface area contributed by atoms with Crippen molar-refractivity contribution in [1.29, 1.82) is 0 Å².